The molecule has 2 aromatic carbocycles. The zero-order chi connectivity index (χ0) is 19.5. The number of fused-ring (bicyclic) bond motifs is 1. The molecule has 2 heterocycles. The molecule has 0 aliphatic heterocycles. The molecule has 0 unspecified atom stereocenters. The van der Waals surface area contributed by atoms with E-state index >= 15 is 0 Å². The third-order valence-corrected chi connectivity index (χ3v) is 4.53. The number of para-hydroxylation sites is 1. The van der Waals surface area contributed by atoms with Crippen LogP contribution in [0.2, 0.25) is 0 Å². The second kappa shape index (κ2) is 7.76. The SMILES string of the molecule is Cc1ccc(-c2nnc(-c3nc(NCCC(C)C)c4ccccc4n3)o2)cc1. The van der Waals surface area contributed by atoms with E-state index in [-0.39, 0.29) is 0 Å². The minimum Gasteiger partial charge on any atom is -0.413 e. The zero-order valence-corrected chi connectivity index (χ0v) is 16.3. The molecule has 0 spiro atoms. The van der Waals surface area contributed by atoms with Crippen LogP contribution >= 0.6 is 0 Å². The van der Waals surface area contributed by atoms with Crippen molar-refractivity contribution in [3.8, 4) is 23.2 Å². The number of benzene rings is 2. The van der Waals surface area contributed by atoms with Gasteiger partial charge >= 0.3 is 0 Å². The molecule has 0 bridgehead atoms. The predicted octanol–water partition coefficient (Wildman–Crippen LogP) is 5.11. The number of aryl methyl sites for hydroxylation is 1. The van der Waals surface area contributed by atoms with Crippen molar-refractivity contribution in [2.75, 3.05) is 11.9 Å². The van der Waals surface area contributed by atoms with Crippen LogP contribution in [0.1, 0.15) is 25.8 Å². The van der Waals surface area contributed by atoms with Gasteiger partial charge in [0.25, 0.3) is 5.89 Å². The summed E-state index contributed by atoms with van der Waals surface area (Å²) in [5.74, 6) is 2.61. The van der Waals surface area contributed by atoms with Gasteiger partial charge in [-0.2, -0.15) is 0 Å². The molecule has 0 radical (unpaired) electrons. The second-order valence-corrected chi connectivity index (χ2v) is 7.30. The van der Waals surface area contributed by atoms with Gasteiger partial charge in [0.15, 0.2) is 0 Å². The monoisotopic (exact) mass is 373 g/mol. The Morgan fingerprint density at radius 2 is 1.68 bits per heavy atom. The Balaban J connectivity index is 1.69. The Kier molecular flexibility index (Phi) is 5.02. The highest BCUT2D eigenvalue weighted by molar-refractivity contribution is 5.90. The summed E-state index contributed by atoms with van der Waals surface area (Å²) < 4.78 is 5.87. The lowest BCUT2D eigenvalue weighted by Gasteiger charge is -2.10. The molecule has 0 aliphatic rings. The zero-order valence-electron chi connectivity index (χ0n) is 16.3. The Hall–Kier alpha value is -3.28. The van der Waals surface area contributed by atoms with Crippen molar-refractivity contribution in [3.63, 3.8) is 0 Å². The molecule has 0 saturated carbocycles. The first-order valence-electron chi connectivity index (χ1n) is 9.52. The van der Waals surface area contributed by atoms with Crippen molar-refractivity contribution >= 4 is 16.7 Å². The Bertz CT molecular complexity index is 1090. The first-order valence-corrected chi connectivity index (χ1v) is 9.52. The van der Waals surface area contributed by atoms with Gasteiger partial charge in [0.1, 0.15) is 5.82 Å². The molecule has 0 saturated heterocycles. The molecule has 4 rings (SSSR count). The van der Waals surface area contributed by atoms with Crippen LogP contribution in [0.25, 0.3) is 34.1 Å². The highest BCUT2D eigenvalue weighted by Gasteiger charge is 2.16. The van der Waals surface area contributed by atoms with Gasteiger partial charge in [-0.05, 0) is 43.5 Å². The van der Waals surface area contributed by atoms with Gasteiger partial charge in [-0.3, -0.25) is 0 Å². The minimum atomic E-state index is 0.313. The third kappa shape index (κ3) is 3.86. The van der Waals surface area contributed by atoms with E-state index in [0.717, 1.165) is 35.2 Å². The molecule has 1 N–H and O–H groups in total. The molecule has 4 aromatic rings. The van der Waals surface area contributed by atoms with Crippen LogP contribution in [-0.2, 0) is 0 Å². The van der Waals surface area contributed by atoms with Crippen LogP contribution in [0.5, 0.6) is 0 Å². The van der Waals surface area contributed by atoms with Gasteiger partial charge in [-0.25, -0.2) is 9.97 Å². The van der Waals surface area contributed by atoms with Crippen molar-refractivity contribution in [2.24, 2.45) is 5.92 Å². The average Bonchev–Trinajstić information content (AvgIpc) is 3.18. The fourth-order valence-electron chi connectivity index (χ4n) is 2.91. The van der Waals surface area contributed by atoms with Crippen LogP contribution in [0.3, 0.4) is 0 Å². The van der Waals surface area contributed by atoms with E-state index < -0.39 is 0 Å². The van der Waals surface area contributed by atoms with Gasteiger partial charge in [0.05, 0.1) is 5.52 Å². The van der Waals surface area contributed by atoms with Crippen molar-refractivity contribution in [1.82, 2.24) is 20.2 Å². The summed E-state index contributed by atoms with van der Waals surface area (Å²) in [7, 11) is 0. The van der Waals surface area contributed by atoms with Gasteiger partial charge in [-0.1, -0.05) is 43.7 Å². The number of anilines is 1. The quantitative estimate of drug-likeness (QED) is 0.506. The lowest BCUT2D eigenvalue weighted by molar-refractivity contribution is 0.579. The van der Waals surface area contributed by atoms with Crippen LogP contribution in [0.4, 0.5) is 5.82 Å². The summed E-state index contributed by atoms with van der Waals surface area (Å²) in [6, 6.07) is 15.9. The highest BCUT2D eigenvalue weighted by Crippen LogP contribution is 2.26. The van der Waals surface area contributed by atoms with Crippen molar-refractivity contribution in [3.05, 3.63) is 54.1 Å². The minimum absolute atomic E-state index is 0.313. The fraction of sp³-hybridized carbons (Fsp3) is 0.273. The van der Waals surface area contributed by atoms with Crippen molar-refractivity contribution < 1.29 is 4.42 Å². The second-order valence-electron chi connectivity index (χ2n) is 7.30. The molecular weight excluding hydrogens is 350 g/mol. The number of nitrogens with one attached hydrogen (secondary N) is 1. The van der Waals surface area contributed by atoms with E-state index in [0.29, 0.717) is 23.5 Å². The molecule has 2 aromatic heterocycles. The number of aromatic nitrogens is 4. The third-order valence-electron chi connectivity index (χ3n) is 4.53. The Morgan fingerprint density at radius 1 is 0.929 bits per heavy atom. The molecule has 0 aliphatic carbocycles. The predicted molar refractivity (Wildman–Crippen MR) is 111 cm³/mol. The molecule has 6 heteroatoms. The lowest BCUT2D eigenvalue weighted by atomic mass is 10.1. The van der Waals surface area contributed by atoms with Crippen molar-refractivity contribution in [2.45, 2.75) is 27.2 Å². The summed E-state index contributed by atoms with van der Waals surface area (Å²) in [5, 5.41) is 12.8. The van der Waals surface area contributed by atoms with Gasteiger partial charge in [0, 0.05) is 17.5 Å². The summed E-state index contributed by atoms with van der Waals surface area (Å²) in [5.41, 5.74) is 2.90. The number of hydrogen-bond donors (Lipinski definition) is 1. The standard InChI is InChI=1S/C22H23N5O/c1-14(2)12-13-23-19-17-6-4-5-7-18(17)24-20(25-19)22-27-26-21(28-22)16-10-8-15(3)9-11-16/h4-11,14H,12-13H2,1-3H3,(H,23,24,25). The molecule has 0 fully saturated rings. The summed E-state index contributed by atoms with van der Waals surface area (Å²) in [6.45, 7) is 7.29. The van der Waals surface area contributed by atoms with Gasteiger partial charge in [0.2, 0.25) is 11.7 Å². The van der Waals surface area contributed by atoms with E-state index in [1.807, 2.05) is 55.5 Å². The first kappa shape index (κ1) is 18.1. The summed E-state index contributed by atoms with van der Waals surface area (Å²) in [6.07, 6.45) is 1.06. The first-order chi connectivity index (χ1) is 13.6. The van der Waals surface area contributed by atoms with E-state index in [4.69, 9.17) is 4.42 Å². The van der Waals surface area contributed by atoms with Crippen LogP contribution < -0.4 is 5.32 Å². The molecule has 6 nitrogen and oxygen atoms in total. The van der Waals surface area contributed by atoms with Gasteiger partial charge < -0.3 is 9.73 Å². The van der Waals surface area contributed by atoms with E-state index in [2.05, 4.69) is 39.3 Å². The van der Waals surface area contributed by atoms with Crippen LogP contribution in [0, 0.1) is 12.8 Å². The largest absolute Gasteiger partial charge is 0.413 e. The maximum atomic E-state index is 5.87. The topological polar surface area (TPSA) is 76.7 Å². The summed E-state index contributed by atoms with van der Waals surface area (Å²) >= 11 is 0. The Morgan fingerprint density at radius 3 is 2.46 bits per heavy atom. The van der Waals surface area contributed by atoms with Gasteiger partial charge in [-0.15, -0.1) is 10.2 Å². The number of rotatable bonds is 6. The Labute approximate surface area is 164 Å². The smallest absolute Gasteiger partial charge is 0.286 e. The number of hydrogen-bond acceptors (Lipinski definition) is 6. The van der Waals surface area contributed by atoms with Crippen LogP contribution in [-0.4, -0.2) is 26.7 Å². The lowest BCUT2D eigenvalue weighted by Crippen LogP contribution is -2.08. The average molecular weight is 373 g/mol. The summed E-state index contributed by atoms with van der Waals surface area (Å²) in [4.78, 5) is 9.29. The molecule has 0 amide bonds. The van der Waals surface area contributed by atoms with Crippen LogP contribution in [0.15, 0.2) is 52.9 Å². The maximum Gasteiger partial charge on any atom is 0.286 e. The molecule has 28 heavy (non-hydrogen) atoms. The molecule has 142 valence electrons. The fourth-order valence-corrected chi connectivity index (χ4v) is 2.91. The van der Waals surface area contributed by atoms with E-state index in [1.165, 1.54) is 5.56 Å². The van der Waals surface area contributed by atoms with Crippen molar-refractivity contribution in [1.29, 1.82) is 0 Å². The molecule has 0 atom stereocenters. The molecular formula is C22H23N5O. The maximum absolute atomic E-state index is 5.87. The van der Waals surface area contributed by atoms with E-state index in [9.17, 15) is 0 Å². The van der Waals surface area contributed by atoms with E-state index in [1.54, 1.807) is 0 Å². The highest BCUT2D eigenvalue weighted by atomic mass is 16.4. The number of nitrogens with zero attached hydrogens (tertiary/aromatic N) is 4. The normalized spacial score (nSPS) is 11.3.